The number of hydrogen-bond donors (Lipinski definition) is 2. The fraction of sp³-hybridized carbons (Fsp3) is 0.462. The molecular weight excluding hydrogens is 248 g/mol. The Morgan fingerprint density at radius 1 is 1.32 bits per heavy atom. The maximum absolute atomic E-state index is 13.9. The van der Waals surface area contributed by atoms with E-state index in [-0.39, 0.29) is 11.0 Å². The van der Waals surface area contributed by atoms with Crippen LogP contribution < -0.4 is 5.46 Å². The molecule has 1 aromatic carbocycles. The molecule has 0 aliphatic rings. The molecule has 0 aliphatic heterocycles. The van der Waals surface area contributed by atoms with Crippen LogP contribution in [-0.4, -0.2) is 28.5 Å². The van der Waals surface area contributed by atoms with Gasteiger partial charge in [-0.2, -0.15) is 5.26 Å². The molecule has 0 fully saturated rings. The quantitative estimate of drug-likeness (QED) is 0.795. The highest BCUT2D eigenvalue weighted by molar-refractivity contribution is 6.60. The zero-order valence-corrected chi connectivity index (χ0v) is 11.4. The van der Waals surface area contributed by atoms with Crippen molar-refractivity contribution in [3.8, 4) is 6.07 Å². The highest BCUT2D eigenvalue weighted by Crippen LogP contribution is 2.25. The Kier molecular flexibility index (Phi) is 4.36. The number of rotatable bonds is 4. The van der Waals surface area contributed by atoms with Gasteiger partial charge in [0.25, 0.3) is 0 Å². The van der Waals surface area contributed by atoms with Crippen LogP contribution in [0.2, 0.25) is 0 Å². The Balaban J connectivity index is 3.04. The van der Waals surface area contributed by atoms with E-state index in [0.717, 1.165) is 0 Å². The van der Waals surface area contributed by atoms with E-state index in [1.54, 1.807) is 19.9 Å². The highest BCUT2D eigenvalue weighted by Gasteiger charge is 2.40. The van der Waals surface area contributed by atoms with Gasteiger partial charge >= 0.3 is 7.12 Å². The van der Waals surface area contributed by atoms with Gasteiger partial charge in [0.1, 0.15) is 11.9 Å². The molecule has 0 saturated heterocycles. The number of nitrogens with zero attached hydrogens (tertiary/aromatic N) is 1. The van der Waals surface area contributed by atoms with Crippen molar-refractivity contribution in [1.82, 2.24) is 0 Å². The minimum atomic E-state index is -1.56. The van der Waals surface area contributed by atoms with Crippen molar-refractivity contribution < 1.29 is 19.2 Å². The van der Waals surface area contributed by atoms with Crippen molar-refractivity contribution in [1.29, 1.82) is 5.26 Å². The molecule has 0 bridgehead atoms. The molecular formula is C13H17BFNO3. The smallest absolute Gasteiger partial charge is 0.423 e. The van der Waals surface area contributed by atoms with Crippen molar-refractivity contribution in [2.75, 3.05) is 0 Å². The molecule has 0 spiro atoms. The van der Waals surface area contributed by atoms with Crippen LogP contribution in [0.4, 0.5) is 4.39 Å². The van der Waals surface area contributed by atoms with E-state index in [1.165, 1.54) is 32.0 Å². The maximum Gasteiger partial charge on any atom is 0.494 e. The van der Waals surface area contributed by atoms with Gasteiger partial charge in [0, 0.05) is 5.46 Å². The zero-order valence-electron chi connectivity index (χ0n) is 11.4. The normalized spacial score (nSPS) is 12.1. The highest BCUT2D eigenvalue weighted by atomic mass is 19.1. The molecule has 4 nitrogen and oxygen atoms in total. The summed E-state index contributed by atoms with van der Waals surface area (Å²) in [5.41, 5.74) is -2.61. The number of aliphatic hydroxyl groups is 1. The molecule has 0 atom stereocenters. The van der Waals surface area contributed by atoms with Gasteiger partial charge in [-0.15, -0.1) is 0 Å². The van der Waals surface area contributed by atoms with Crippen LogP contribution in [0.1, 0.15) is 33.3 Å². The number of hydrogen-bond acceptors (Lipinski definition) is 4. The lowest BCUT2D eigenvalue weighted by Crippen LogP contribution is -2.53. The van der Waals surface area contributed by atoms with E-state index in [9.17, 15) is 14.5 Å². The van der Waals surface area contributed by atoms with E-state index >= 15 is 0 Å². The molecule has 1 rings (SSSR count). The Hall–Kier alpha value is -1.42. The first-order valence-corrected chi connectivity index (χ1v) is 5.87. The number of benzene rings is 1. The second-order valence-corrected chi connectivity index (χ2v) is 5.36. The summed E-state index contributed by atoms with van der Waals surface area (Å²) in [5, 5.41) is 28.6. The van der Waals surface area contributed by atoms with Gasteiger partial charge in [0.2, 0.25) is 0 Å². The van der Waals surface area contributed by atoms with Crippen molar-refractivity contribution in [2.24, 2.45) is 0 Å². The molecule has 19 heavy (non-hydrogen) atoms. The van der Waals surface area contributed by atoms with Gasteiger partial charge in [-0.3, -0.25) is 0 Å². The third-order valence-electron chi connectivity index (χ3n) is 3.29. The number of halogens is 1. The van der Waals surface area contributed by atoms with Crippen molar-refractivity contribution in [3.05, 3.63) is 29.6 Å². The number of nitriles is 1. The Morgan fingerprint density at radius 2 is 1.89 bits per heavy atom. The van der Waals surface area contributed by atoms with E-state index < -0.39 is 24.1 Å². The fourth-order valence-electron chi connectivity index (χ4n) is 1.31. The molecule has 1 aromatic rings. The van der Waals surface area contributed by atoms with Gasteiger partial charge in [-0.05, 0) is 33.8 Å². The maximum atomic E-state index is 13.9. The van der Waals surface area contributed by atoms with Gasteiger partial charge in [0.05, 0.1) is 16.8 Å². The average Bonchev–Trinajstić information content (AvgIpc) is 2.27. The molecule has 0 heterocycles. The Morgan fingerprint density at radius 3 is 2.37 bits per heavy atom. The second-order valence-electron chi connectivity index (χ2n) is 5.36. The van der Waals surface area contributed by atoms with E-state index in [2.05, 4.69) is 0 Å². The Labute approximate surface area is 112 Å². The molecule has 2 N–H and O–H groups in total. The molecule has 0 saturated carbocycles. The van der Waals surface area contributed by atoms with Crippen molar-refractivity contribution in [3.63, 3.8) is 0 Å². The van der Waals surface area contributed by atoms with Crippen LogP contribution in [0.15, 0.2) is 18.2 Å². The lowest BCUT2D eigenvalue weighted by atomic mass is 9.75. The lowest BCUT2D eigenvalue weighted by Gasteiger charge is -2.38. The van der Waals surface area contributed by atoms with Crippen LogP contribution in [0.5, 0.6) is 0 Å². The third kappa shape index (κ3) is 3.32. The lowest BCUT2D eigenvalue weighted by molar-refractivity contribution is -0.0983. The predicted octanol–water partition coefficient (Wildman–Crippen LogP) is 0.951. The second kappa shape index (κ2) is 5.29. The molecule has 0 aromatic heterocycles. The van der Waals surface area contributed by atoms with Crippen LogP contribution in [-0.2, 0) is 4.65 Å². The molecule has 0 unspecified atom stereocenters. The summed E-state index contributed by atoms with van der Waals surface area (Å²) in [6.45, 7) is 6.23. The first-order valence-electron chi connectivity index (χ1n) is 5.87. The standard InChI is InChI=1S/C13H17BFNO3/c1-12(2,17)13(3,4)19-14(18)10-7-5-6-9(8-16)11(10)15/h5-7,17-18H,1-4H3. The van der Waals surface area contributed by atoms with Crippen LogP contribution in [0, 0.1) is 17.1 Å². The molecule has 0 aliphatic carbocycles. The van der Waals surface area contributed by atoms with Gasteiger partial charge in [-0.1, -0.05) is 12.1 Å². The van der Waals surface area contributed by atoms with Crippen molar-refractivity contribution in [2.45, 2.75) is 38.9 Å². The van der Waals surface area contributed by atoms with Crippen LogP contribution in [0.3, 0.4) is 0 Å². The molecule has 0 radical (unpaired) electrons. The minimum Gasteiger partial charge on any atom is -0.423 e. The Bertz CT molecular complexity index is 506. The summed E-state index contributed by atoms with van der Waals surface area (Å²) < 4.78 is 19.2. The largest absolute Gasteiger partial charge is 0.494 e. The summed E-state index contributed by atoms with van der Waals surface area (Å²) >= 11 is 0. The minimum absolute atomic E-state index is 0.128. The van der Waals surface area contributed by atoms with E-state index in [4.69, 9.17) is 9.92 Å². The zero-order chi connectivity index (χ0) is 14.8. The van der Waals surface area contributed by atoms with Gasteiger partial charge in [-0.25, -0.2) is 4.39 Å². The summed E-state index contributed by atoms with van der Waals surface area (Å²) in [6, 6.07) is 5.80. The molecule has 0 amide bonds. The average molecular weight is 265 g/mol. The first-order chi connectivity index (χ1) is 8.60. The third-order valence-corrected chi connectivity index (χ3v) is 3.29. The topological polar surface area (TPSA) is 73.5 Å². The summed E-state index contributed by atoms with van der Waals surface area (Å²) in [6.07, 6.45) is 0. The van der Waals surface area contributed by atoms with Crippen LogP contribution in [0.25, 0.3) is 0 Å². The van der Waals surface area contributed by atoms with Gasteiger partial charge < -0.3 is 14.8 Å². The van der Waals surface area contributed by atoms with E-state index in [0.29, 0.717) is 0 Å². The summed E-state index contributed by atoms with van der Waals surface area (Å²) in [5.74, 6) is -0.816. The summed E-state index contributed by atoms with van der Waals surface area (Å²) in [4.78, 5) is 0. The first kappa shape index (κ1) is 15.6. The summed E-state index contributed by atoms with van der Waals surface area (Å²) in [7, 11) is -1.56. The molecule has 102 valence electrons. The van der Waals surface area contributed by atoms with E-state index in [1.807, 2.05) is 0 Å². The fourth-order valence-corrected chi connectivity index (χ4v) is 1.31. The van der Waals surface area contributed by atoms with Crippen LogP contribution >= 0.6 is 0 Å². The molecule has 6 heteroatoms. The monoisotopic (exact) mass is 265 g/mol. The SMILES string of the molecule is CC(C)(O)C(C)(C)OB(O)c1cccc(C#N)c1F. The predicted molar refractivity (Wildman–Crippen MR) is 70.2 cm³/mol. The van der Waals surface area contributed by atoms with Crippen molar-refractivity contribution >= 4 is 12.6 Å². The van der Waals surface area contributed by atoms with Gasteiger partial charge in [0.15, 0.2) is 0 Å².